The molecule has 0 N–H and O–H groups in total. The minimum absolute atomic E-state index is 0.0404. The largest absolute Gasteiger partial charge is 0.459 e. The van der Waals surface area contributed by atoms with Gasteiger partial charge >= 0.3 is 5.97 Å². The van der Waals surface area contributed by atoms with Gasteiger partial charge in [0, 0.05) is 12.0 Å². The van der Waals surface area contributed by atoms with Crippen LogP contribution in [0.4, 0.5) is 0 Å². The Morgan fingerprint density at radius 1 is 1.21 bits per heavy atom. The van der Waals surface area contributed by atoms with Crippen LogP contribution in [-0.2, 0) is 20.7 Å². The molecule has 4 heteroatoms. The molecule has 24 heavy (non-hydrogen) atoms. The summed E-state index contributed by atoms with van der Waals surface area (Å²) in [6, 6.07) is 7.29. The maximum Gasteiger partial charge on any atom is 0.321 e. The molecule has 1 aromatic rings. The van der Waals surface area contributed by atoms with Crippen LogP contribution in [0.3, 0.4) is 0 Å². The molecular formula is C20H24O4. The number of allylic oxidation sites excluding steroid dienone is 2. The molecule has 0 radical (unpaired) electrons. The minimum Gasteiger partial charge on any atom is -0.459 e. The summed E-state index contributed by atoms with van der Waals surface area (Å²) in [6.07, 6.45) is 4.33. The van der Waals surface area contributed by atoms with Crippen LogP contribution in [0.2, 0.25) is 0 Å². The Hall–Kier alpha value is -2.23. The third-order valence-corrected chi connectivity index (χ3v) is 4.02. The van der Waals surface area contributed by atoms with Crippen molar-refractivity contribution < 1.29 is 19.1 Å². The number of Topliss-reactive ketones (excluding diaryl/α,β-unsaturated/α-hetero) is 2. The fourth-order valence-electron chi connectivity index (χ4n) is 2.88. The third-order valence-electron chi connectivity index (χ3n) is 4.02. The van der Waals surface area contributed by atoms with Crippen LogP contribution < -0.4 is 0 Å². The highest BCUT2D eigenvalue weighted by atomic mass is 16.6. The molecule has 0 fully saturated rings. The zero-order valence-electron chi connectivity index (χ0n) is 14.7. The van der Waals surface area contributed by atoms with Gasteiger partial charge in [0.25, 0.3) is 0 Å². The molecule has 0 saturated carbocycles. The average Bonchev–Trinajstić information content (AvgIpc) is 2.76. The van der Waals surface area contributed by atoms with E-state index in [9.17, 15) is 14.4 Å². The molecule has 0 unspecified atom stereocenters. The van der Waals surface area contributed by atoms with Gasteiger partial charge < -0.3 is 4.74 Å². The molecule has 0 heterocycles. The second-order valence-electron chi connectivity index (χ2n) is 7.33. The van der Waals surface area contributed by atoms with E-state index in [2.05, 4.69) is 0 Å². The summed E-state index contributed by atoms with van der Waals surface area (Å²) in [5, 5.41) is 0. The van der Waals surface area contributed by atoms with E-state index in [0.717, 1.165) is 5.56 Å². The molecule has 128 valence electrons. The molecule has 0 bridgehead atoms. The Kier molecular flexibility index (Phi) is 5.07. The second kappa shape index (κ2) is 6.71. The monoisotopic (exact) mass is 328 g/mol. The highest BCUT2D eigenvalue weighted by Crippen LogP contribution is 2.42. The number of benzene rings is 1. The topological polar surface area (TPSA) is 60.4 Å². The molecule has 1 aliphatic carbocycles. The standard InChI is InChI=1S/C20H24O4/c1-14(21)9-7-8-12-20(18(23)24-19(2,3)4)13-15-10-5-6-11-16(15)17(20)22/h5-8,10-11H,9,12-13H2,1-4H3/b8-7-/t20-/m1/s1. The van der Waals surface area contributed by atoms with Crippen LogP contribution in [0.5, 0.6) is 0 Å². The minimum atomic E-state index is -1.23. The van der Waals surface area contributed by atoms with Crippen molar-refractivity contribution in [2.45, 2.75) is 52.6 Å². The molecule has 0 amide bonds. The highest BCUT2D eigenvalue weighted by Gasteiger charge is 2.52. The zero-order chi connectivity index (χ0) is 18.0. The van der Waals surface area contributed by atoms with E-state index in [0.29, 0.717) is 18.4 Å². The predicted octanol–water partition coefficient (Wildman–Crippen LogP) is 3.68. The van der Waals surface area contributed by atoms with Crippen molar-refractivity contribution in [2.75, 3.05) is 0 Å². The van der Waals surface area contributed by atoms with E-state index < -0.39 is 17.0 Å². The number of fused-ring (bicyclic) bond motifs is 1. The van der Waals surface area contributed by atoms with Crippen molar-refractivity contribution in [1.82, 2.24) is 0 Å². The summed E-state index contributed by atoms with van der Waals surface area (Å²) in [6.45, 7) is 6.87. The van der Waals surface area contributed by atoms with Gasteiger partial charge in [-0.3, -0.25) is 14.4 Å². The van der Waals surface area contributed by atoms with E-state index >= 15 is 0 Å². The van der Waals surface area contributed by atoms with Crippen LogP contribution in [0.25, 0.3) is 0 Å². The number of ketones is 2. The van der Waals surface area contributed by atoms with Gasteiger partial charge in [0.1, 0.15) is 16.8 Å². The maximum absolute atomic E-state index is 13.0. The van der Waals surface area contributed by atoms with Gasteiger partial charge in [-0.05, 0) is 46.1 Å². The maximum atomic E-state index is 13.0. The van der Waals surface area contributed by atoms with Gasteiger partial charge in [-0.25, -0.2) is 0 Å². The quantitative estimate of drug-likeness (QED) is 0.470. The summed E-state index contributed by atoms with van der Waals surface area (Å²) in [4.78, 5) is 36.9. The number of hydrogen-bond acceptors (Lipinski definition) is 4. The molecule has 2 rings (SSSR count). The Labute approximate surface area is 142 Å². The number of carbonyl (C=O) groups is 3. The lowest BCUT2D eigenvalue weighted by atomic mass is 9.80. The first-order valence-corrected chi connectivity index (χ1v) is 8.16. The first-order chi connectivity index (χ1) is 11.2. The first-order valence-electron chi connectivity index (χ1n) is 8.16. The van der Waals surface area contributed by atoms with Crippen molar-refractivity contribution in [3.05, 3.63) is 47.5 Å². The number of ether oxygens (including phenoxy) is 1. The van der Waals surface area contributed by atoms with Gasteiger partial charge in [0.15, 0.2) is 5.78 Å². The lowest BCUT2D eigenvalue weighted by Gasteiger charge is -2.29. The zero-order valence-corrected chi connectivity index (χ0v) is 14.7. The SMILES string of the molecule is CC(=O)C/C=C\C[C@@]1(C(=O)OC(C)(C)C)Cc2ccccc2C1=O. The second-order valence-corrected chi connectivity index (χ2v) is 7.33. The molecule has 0 spiro atoms. The van der Waals surface area contributed by atoms with Gasteiger partial charge in [-0.2, -0.15) is 0 Å². The third kappa shape index (κ3) is 3.81. The lowest BCUT2D eigenvalue weighted by Crippen LogP contribution is -2.42. The average molecular weight is 328 g/mol. The molecule has 0 saturated heterocycles. The van der Waals surface area contributed by atoms with Crippen molar-refractivity contribution in [3.8, 4) is 0 Å². The van der Waals surface area contributed by atoms with Crippen LogP contribution >= 0.6 is 0 Å². The van der Waals surface area contributed by atoms with Crippen LogP contribution in [-0.4, -0.2) is 23.1 Å². The van der Waals surface area contributed by atoms with Crippen molar-refractivity contribution in [3.63, 3.8) is 0 Å². The van der Waals surface area contributed by atoms with Crippen molar-refractivity contribution in [2.24, 2.45) is 5.41 Å². The van der Waals surface area contributed by atoms with E-state index in [-0.39, 0.29) is 18.0 Å². The van der Waals surface area contributed by atoms with Crippen LogP contribution in [0, 0.1) is 5.41 Å². The Balaban J connectivity index is 2.33. The molecule has 1 aliphatic rings. The number of hydrogen-bond donors (Lipinski definition) is 0. The van der Waals surface area contributed by atoms with E-state index in [4.69, 9.17) is 4.74 Å². The molecule has 1 aromatic carbocycles. The highest BCUT2D eigenvalue weighted by molar-refractivity contribution is 6.16. The summed E-state index contributed by atoms with van der Waals surface area (Å²) in [5.74, 6) is -0.651. The molecule has 0 aliphatic heterocycles. The summed E-state index contributed by atoms with van der Waals surface area (Å²) in [5.41, 5.74) is -0.441. The van der Waals surface area contributed by atoms with Crippen molar-refractivity contribution in [1.29, 1.82) is 0 Å². The Morgan fingerprint density at radius 2 is 1.88 bits per heavy atom. The van der Waals surface area contributed by atoms with Gasteiger partial charge in [-0.15, -0.1) is 0 Å². The van der Waals surface area contributed by atoms with Crippen molar-refractivity contribution >= 4 is 17.5 Å². The summed E-state index contributed by atoms with van der Waals surface area (Å²) < 4.78 is 5.54. The molecule has 4 nitrogen and oxygen atoms in total. The summed E-state index contributed by atoms with van der Waals surface area (Å²) >= 11 is 0. The first kappa shape index (κ1) is 18.1. The molecular weight excluding hydrogens is 304 g/mol. The predicted molar refractivity (Wildman–Crippen MR) is 91.8 cm³/mol. The van der Waals surface area contributed by atoms with Gasteiger partial charge in [-0.1, -0.05) is 36.4 Å². The van der Waals surface area contributed by atoms with Crippen LogP contribution in [0.1, 0.15) is 56.5 Å². The number of rotatable bonds is 5. The smallest absolute Gasteiger partial charge is 0.321 e. The van der Waals surface area contributed by atoms with E-state index in [1.165, 1.54) is 6.92 Å². The molecule has 0 aromatic heterocycles. The lowest BCUT2D eigenvalue weighted by molar-refractivity contribution is -0.164. The fourth-order valence-corrected chi connectivity index (χ4v) is 2.88. The Bertz CT molecular complexity index is 694. The van der Waals surface area contributed by atoms with E-state index in [1.807, 2.05) is 12.1 Å². The normalized spacial score (nSPS) is 20.2. The number of carbonyl (C=O) groups excluding carboxylic acids is 3. The number of esters is 1. The van der Waals surface area contributed by atoms with Gasteiger partial charge in [0.05, 0.1) is 0 Å². The van der Waals surface area contributed by atoms with Gasteiger partial charge in [0.2, 0.25) is 0 Å². The molecule has 1 atom stereocenters. The fraction of sp³-hybridized carbons (Fsp3) is 0.450. The Morgan fingerprint density at radius 3 is 2.46 bits per heavy atom. The summed E-state index contributed by atoms with van der Waals surface area (Å²) in [7, 11) is 0. The van der Waals surface area contributed by atoms with E-state index in [1.54, 1.807) is 45.1 Å². The van der Waals surface area contributed by atoms with Crippen LogP contribution in [0.15, 0.2) is 36.4 Å².